The van der Waals surface area contributed by atoms with Gasteiger partial charge in [-0.1, -0.05) is 33.2 Å². The van der Waals surface area contributed by atoms with Gasteiger partial charge in [-0.2, -0.15) is 0 Å². The van der Waals surface area contributed by atoms with Crippen LogP contribution in [0.4, 0.5) is 4.39 Å². The maximum atomic E-state index is 13.5. The average Bonchev–Trinajstić information content (AvgIpc) is 3.18. The molecule has 0 amide bonds. The predicted molar refractivity (Wildman–Crippen MR) is 97.8 cm³/mol. The molecule has 0 atom stereocenters. The van der Waals surface area contributed by atoms with Gasteiger partial charge in [0.2, 0.25) is 0 Å². The SMILES string of the molecule is CCn1c(Cc2cnoc2-c2cccc(F)c2)nc2cc(Br)ccc21. The molecule has 0 saturated heterocycles. The van der Waals surface area contributed by atoms with Gasteiger partial charge in [0.25, 0.3) is 0 Å². The summed E-state index contributed by atoms with van der Waals surface area (Å²) in [5, 5.41) is 3.91. The molecular formula is C19H15BrFN3O. The summed E-state index contributed by atoms with van der Waals surface area (Å²) in [4.78, 5) is 4.76. The monoisotopic (exact) mass is 399 g/mol. The fourth-order valence-electron chi connectivity index (χ4n) is 3.06. The third kappa shape index (κ3) is 2.98. The van der Waals surface area contributed by atoms with E-state index in [0.717, 1.165) is 33.4 Å². The van der Waals surface area contributed by atoms with Gasteiger partial charge in [0.1, 0.15) is 11.6 Å². The van der Waals surface area contributed by atoms with E-state index in [9.17, 15) is 4.39 Å². The van der Waals surface area contributed by atoms with Crippen molar-refractivity contribution in [2.24, 2.45) is 0 Å². The zero-order chi connectivity index (χ0) is 17.4. The molecule has 6 heteroatoms. The molecule has 0 aliphatic carbocycles. The van der Waals surface area contributed by atoms with Gasteiger partial charge in [0, 0.05) is 28.6 Å². The van der Waals surface area contributed by atoms with Gasteiger partial charge >= 0.3 is 0 Å². The molecule has 2 heterocycles. The second-order valence-corrected chi connectivity index (χ2v) is 6.69. The minimum Gasteiger partial charge on any atom is -0.356 e. The summed E-state index contributed by atoms with van der Waals surface area (Å²) in [6.45, 7) is 2.90. The molecule has 0 aliphatic heterocycles. The fraction of sp³-hybridized carbons (Fsp3) is 0.158. The van der Waals surface area contributed by atoms with Crippen molar-refractivity contribution in [3.63, 3.8) is 0 Å². The number of halogens is 2. The van der Waals surface area contributed by atoms with Crippen molar-refractivity contribution in [1.29, 1.82) is 0 Å². The zero-order valence-electron chi connectivity index (χ0n) is 13.5. The lowest BCUT2D eigenvalue weighted by atomic mass is 10.1. The summed E-state index contributed by atoms with van der Waals surface area (Å²) in [5.74, 6) is 1.21. The third-order valence-electron chi connectivity index (χ3n) is 4.19. The van der Waals surface area contributed by atoms with Crippen LogP contribution in [0.2, 0.25) is 0 Å². The lowest BCUT2D eigenvalue weighted by molar-refractivity contribution is 0.431. The summed E-state index contributed by atoms with van der Waals surface area (Å²) in [6.07, 6.45) is 2.24. The first-order chi connectivity index (χ1) is 12.2. The Balaban J connectivity index is 1.77. The highest BCUT2D eigenvalue weighted by Gasteiger charge is 2.16. The zero-order valence-corrected chi connectivity index (χ0v) is 15.1. The summed E-state index contributed by atoms with van der Waals surface area (Å²) in [5.41, 5.74) is 3.59. The summed E-state index contributed by atoms with van der Waals surface area (Å²) in [6, 6.07) is 12.4. The van der Waals surface area contributed by atoms with E-state index in [4.69, 9.17) is 9.51 Å². The molecule has 0 fully saturated rings. The molecule has 0 saturated carbocycles. The Bertz CT molecular complexity index is 1050. The smallest absolute Gasteiger partial charge is 0.170 e. The Morgan fingerprint density at radius 3 is 2.88 bits per heavy atom. The van der Waals surface area contributed by atoms with E-state index in [-0.39, 0.29) is 5.82 Å². The molecule has 2 aromatic carbocycles. The lowest BCUT2D eigenvalue weighted by Crippen LogP contribution is -2.02. The molecule has 126 valence electrons. The topological polar surface area (TPSA) is 43.9 Å². The quantitative estimate of drug-likeness (QED) is 0.473. The summed E-state index contributed by atoms with van der Waals surface area (Å²) >= 11 is 3.49. The first kappa shape index (κ1) is 16.0. The average molecular weight is 400 g/mol. The molecular weight excluding hydrogens is 385 g/mol. The van der Waals surface area contributed by atoms with E-state index in [1.165, 1.54) is 12.1 Å². The van der Waals surface area contributed by atoms with E-state index in [0.29, 0.717) is 17.7 Å². The molecule has 4 nitrogen and oxygen atoms in total. The second-order valence-electron chi connectivity index (χ2n) is 5.77. The second kappa shape index (κ2) is 6.44. The highest BCUT2D eigenvalue weighted by molar-refractivity contribution is 9.10. The van der Waals surface area contributed by atoms with E-state index in [1.54, 1.807) is 12.3 Å². The minimum atomic E-state index is -0.300. The molecule has 4 aromatic rings. The highest BCUT2D eigenvalue weighted by Crippen LogP contribution is 2.28. The Kier molecular flexibility index (Phi) is 4.13. The standard InChI is InChI=1S/C19H15BrFN3O/c1-2-24-17-7-6-14(20)10-16(17)23-18(24)9-13-11-22-25-19(13)12-4-3-5-15(21)8-12/h3-8,10-11H,2,9H2,1H3. The van der Waals surface area contributed by atoms with Gasteiger partial charge in [0.05, 0.1) is 17.2 Å². The van der Waals surface area contributed by atoms with Crippen LogP contribution in [0.1, 0.15) is 18.3 Å². The van der Waals surface area contributed by atoms with E-state index in [1.807, 2.05) is 18.2 Å². The van der Waals surface area contributed by atoms with Crippen LogP contribution in [-0.2, 0) is 13.0 Å². The number of hydrogen-bond acceptors (Lipinski definition) is 3. The maximum Gasteiger partial charge on any atom is 0.170 e. The van der Waals surface area contributed by atoms with Gasteiger partial charge in [-0.25, -0.2) is 9.37 Å². The van der Waals surface area contributed by atoms with Gasteiger partial charge in [-0.15, -0.1) is 0 Å². The number of rotatable bonds is 4. The molecule has 0 radical (unpaired) electrons. The Labute approximate surface area is 152 Å². The number of hydrogen-bond donors (Lipinski definition) is 0. The normalized spacial score (nSPS) is 11.3. The van der Waals surface area contributed by atoms with E-state index in [2.05, 4.69) is 38.6 Å². The van der Waals surface area contributed by atoms with Crippen LogP contribution in [0.15, 0.2) is 57.7 Å². The number of nitrogens with zero attached hydrogens (tertiary/aromatic N) is 3. The fourth-order valence-corrected chi connectivity index (χ4v) is 3.41. The molecule has 4 rings (SSSR count). The number of imidazole rings is 1. The Hall–Kier alpha value is -2.47. The number of aryl methyl sites for hydroxylation is 1. The van der Waals surface area contributed by atoms with Crippen molar-refractivity contribution in [3.05, 3.63) is 70.3 Å². The molecule has 0 aliphatic rings. The molecule has 25 heavy (non-hydrogen) atoms. The van der Waals surface area contributed by atoms with Crippen LogP contribution in [-0.4, -0.2) is 14.7 Å². The van der Waals surface area contributed by atoms with Crippen LogP contribution < -0.4 is 0 Å². The molecule has 0 spiro atoms. The Morgan fingerprint density at radius 1 is 1.20 bits per heavy atom. The van der Waals surface area contributed by atoms with Crippen molar-refractivity contribution in [1.82, 2.24) is 14.7 Å². The molecule has 0 bridgehead atoms. The van der Waals surface area contributed by atoms with Crippen LogP contribution in [0.5, 0.6) is 0 Å². The number of fused-ring (bicyclic) bond motifs is 1. The van der Waals surface area contributed by atoms with Crippen molar-refractivity contribution in [2.75, 3.05) is 0 Å². The first-order valence-electron chi connectivity index (χ1n) is 8.00. The number of benzene rings is 2. The third-order valence-corrected chi connectivity index (χ3v) is 4.68. The van der Waals surface area contributed by atoms with Crippen LogP contribution in [0.25, 0.3) is 22.4 Å². The van der Waals surface area contributed by atoms with E-state index >= 15 is 0 Å². The summed E-state index contributed by atoms with van der Waals surface area (Å²) < 4.78 is 22.1. The largest absolute Gasteiger partial charge is 0.356 e. The van der Waals surface area contributed by atoms with Crippen molar-refractivity contribution < 1.29 is 8.91 Å². The van der Waals surface area contributed by atoms with Crippen molar-refractivity contribution in [2.45, 2.75) is 19.9 Å². The maximum absolute atomic E-state index is 13.5. The van der Waals surface area contributed by atoms with Gasteiger partial charge < -0.3 is 9.09 Å². The summed E-state index contributed by atoms with van der Waals surface area (Å²) in [7, 11) is 0. The molecule has 0 N–H and O–H groups in total. The van der Waals surface area contributed by atoms with Gasteiger partial charge in [-0.3, -0.25) is 0 Å². The predicted octanol–water partition coefficient (Wildman–Crippen LogP) is 5.20. The lowest BCUT2D eigenvalue weighted by Gasteiger charge is -2.06. The van der Waals surface area contributed by atoms with Crippen LogP contribution in [0.3, 0.4) is 0 Å². The van der Waals surface area contributed by atoms with Gasteiger partial charge in [0.15, 0.2) is 5.76 Å². The Morgan fingerprint density at radius 2 is 2.08 bits per heavy atom. The van der Waals surface area contributed by atoms with Crippen molar-refractivity contribution in [3.8, 4) is 11.3 Å². The van der Waals surface area contributed by atoms with Crippen LogP contribution >= 0.6 is 15.9 Å². The van der Waals surface area contributed by atoms with Crippen LogP contribution in [0, 0.1) is 5.82 Å². The van der Waals surface area contributed by atoms with E-state index < -0.39 is 0 Å². The highest BCUT2D eigenvalue weighted by atomic mass is 79.9. The molecule has 2 aromatic heterocycles. The molecule has 0 unspecified atom stereocenters. The van der Waals surface area contributed by atoms with Gasteiger partial charge in [-0.05, 0) is 37.3 Å². The number of aromatic nitrogens is 3. The minimum absolute atomic E-state index is 0.300. The van der Waals surface area contributed by atoms with Crippen molar-refractivity contribution >= 4 is 27.0 Å². The first-order valence-corrected chi connectivity index (χ1v) is 8.79.